The van der Waals surface area contributed by atoms with Crippen molar-refractivity contribution in [2.75, 3.05) is 6.61 Å². The first-order valence-electron chi connectivity index (χ1n) is 3.89. The van der Waals surface area contributed by atoms with Gasteiger partial charge < -0.3 is 4.74 Å². The lowest BCUT2D eigenvalue weighted by Gasteiger charge is -2.05. The quantitative estimate of drug-likeness (QED) is 0.671. The highest BCUT2D eigenvalue weighted by Crippen LogP contribution is 2.21. The van der Waals surface area contributed by atoms with E-state index in [-0.39, 0.29) is 5.75 Å². The molecule has 0 saturated heterocycles. The average molecular weight is 273 g/mol. The molecule has 15 heavy (non-hydrogen) atoms. The van der Waals surface area contributed by atoms with Crippen molar-refractivity contribution in [1.82, 2.24) is 5.32 Å². The molecular weight excluding hydrogens is 267 g/mol. The third-order valence-corrected chi connectivity index (χ3v) is 1.94. The van der Waals surface area contributed by atoms with Crippen LogP contribution in [0.15, 0.2) is 22.7 Å². The molecule has 0 aliphatic carbocycles. The fourth-order valence-corrected chi connectivity index (χ4v) is 1.17. The Kier molecular flexibility index (Phi) is 4.06. The number of hydrogen-bond acceptors (Lipinski definition) is 3. The van der Waals surface area contributed by atoms with Crippen molar-refractivity contribution in [1.29, 1.82) is 5.26 Å². The summed E-state index contributed by atoms with van der Waals surface area (Å²) in [6, 6.07) is 4.19. The smallest absolute Gasteiger partial charge is 0.270 e. The fraction of sp³-hybridized carbons (Fsp3) is 0.111. The Hall–Kier alpha value is -1.61. The van der Waals surface area contributed by atoms with Crippen LogP contribution in [0.2, 0.25) is 0 Å². The van der Waals surface area contributed by atoms with Gasteiger partial charge in [0, 0.05) is 4.47 Å². The largest absolute Gasteiger partial charge is 0.481 e. The van der Waals surface area contributed by atoms with Gasteiger partial charge in [-0.05, 0) is 18.2 Å². The van der Waals surface area contributed by atoms with E-state index in [1.165, 1.54) is 18.3 Å². The molecule has 1 aromatic rings. The number of hydrogen-bond donors (Lipinski definition) is 1. The van der Waals surface area contributed by atoms with E-state index in [9.17, 15) is 9.18 Å². The molecule has 0 saturated carbocycles. The van der Waals surface area contributed by atoms with Crippen molar-refractivity contribution in [2.45, 2.75) is 0 Å². The minimum atomic E-state index is -0.625. The van der Waals surface area contributed by atoms with Crippen LogP contribution < -0.4 is 10.1 Å². The Morgan fingerprint density at radius 3 is 3.00 bits per heavy atom. The van der Waals surface area contributed by atoms with Gasteiger partial charge in [0.25, 0.3) is 5.91 Å². The molecular formula is C9H6BrFN2O2. The Balaban J connectivity index is 2.59. The highest BCUT2D eigenvalue weighted by Gasteiger charge is 2.06. The molecule has 0 spiro atoms. The summed E-state index contributed by atoms with van der Waals surface area (Å²) in [6.45, 7) is -0.397. The van der Waals surface area contributed by atoms with Crippen molar-refractivity contribution in [3.63, 3.8) is 0 Å². The van der Waals surface area contributed by atoms with Crippen molar-refractivity contribution < 1.29 is 13.9 Å². The van der Waals surface area contributed by atoms with Gasteiger partial charge in [0.2, 0.25) is 0 Å². The molecule has 4 nitrogen and oxygen atoms in total. The van der Waals surface area contributed by atoms with Gasteiger partial charge in [0.1, 0.15) is 0 Å². The normalized spacial score (nSPS) is 9.13. The van der Waals surface area contributed by atoms with Crippen LogP contribution in [0, 0.1) is 17.3 Å². The molecule has 1 amide bonds. The van der Waals surface area contributed by atoms with Crippen LogP contribution in [0.25, 0.3) is 0 Å². The first kappa shape index (κ1) is 11.5. The molecule has 0 atom stereocenters. The topological polar surface area (TPSA) is 62.1 Å². The van der Waals surface area contributed by atoms with Gasteiger partial charge >= 0.3 is 0 Å². The maximum Gasteiger partial charge on any atom is 0.270 e. The number of nitrogens with one attached hydrogen (secondary N) is 1. The van der Waals surface area contributed by atoms with Gasteiger partial charge in [-0.25, -0.2) is 4.39 Å². The number of halogens is 2. The molecule has 78 valence electrons. The van der Waals surface area contributed by atoms with Gasteiger partial charge in [-0.2, -0.15) is 5.26 Å². The third-order valence-electron chi connectivity index (χ3n) is 1.45. The Morgan fingerprint density at radius 1 is 1.67 bits per heavy atom. The molecule has 0 bridgehead atoms. The number of ether oxygens (including phenoxy) is 1. The van der Waals surface area contributed by atoms with E-state index < -0.39 is 18.3 Å². The summed E-state index contributed by atoms with van der Waals surface area (Å²) in [5, 5.41) is 9.96. The SMILES string of the molecule is N#CNC(=O)COc1ccc(Br)cc1F. The molecule has 0 aliphatic rings. The van der Waals surface area contributed by atoms with Crippen molar-refractivity contribution in [3.8, 4) is 11.9 Å². The molecule has 6 heteroatoms. The van der Waals surface area contributed by atoms with Crippen LogP contribution in [0.3, 0.4) is 0 Å². The lowest BCUT2D eigenvalue weighted by Crippen LogP contribution is -2.24. The number of carbonyl (C=O) groups is 1. The number of carbonyl (C=O) groups excluding carboxylic acids is 1. The number of nitrogens with zero attached hydrogens (tertiary/aromatic N) is 1. The zero-order valence-corrected chi connectivity index (χ0v) is 9.04. The average Bonchev–Trinajstić information content (AvgIpc) is 2.17. The first-order valence-corrected chi connectivity index (χ1v) is 4.68. The standard InChI is InChI=1S/C9H6BrFN2O2/c10-6-1-2-8(7(11)3-6)15-4-9(14)13-5-12/h1-3H,4H2,(H,13,14). The fourth-order valence-electron chi connectivity index (χ4n) is 0.834. The van der Waals surface area contributed by atoms with E-state index in [2.05, 4.69) is 15.9 Å². The second kappa shape index (κ2) is 5.32. The van der Waals surface area contributed by atoms with Crippen molar-refractivity contribution in [2.24, 2.45) is 0 Å². The lowest BCUT2D eigenvalue weighted by atomic mass is 10.3. The van der Waals surface area contributed by atoms with E-state index >= 15 is 0 Å². The van der Waals surface area contributed by atoms with E-state index in [0.29, 0.717) is 4.47 Å². The van der Waals surface area contributed by atoms with Crippen molar-refractivity contribution >= 4 is 21.8 Å². The molecule has 1 rings (SSSR count). The summed E-state index contributed by atoms with van der Waals surface area (Å²) in [5.41, 5.74) is 0. The predicted molar refractivity (Wildman–Crippen MR) is 53.4 cm³/mol. The van der Waals surface area contributed by atoms with E-state index in [1.807, 2.05) is 5.32 Å². The number of amides is 1. The summed E-state index contributed by atoms with van der Waals surface area (Å²) in [6.07, 6.45) is 1.45. The van der Waals surface area contributed by atoms with Crippen LogP contribution in [0.5, 0.6) is 5.75 Å². The summed E-state index contributed by atoms with van der Waals surface area (Å²) in [4.78, 5) is 10.8. The predicted octanol–water partition coefficient (Wildman–Crippen LogP) is 1.56. The van der Waals surface area contributed by atoms with E-state index in [1.54, 1.807) is 6.07 Å². The van der Waals surface area contributed by atoms with E-state index in [4.69, 9.17) is 10.00 Å². The molecule has 1 N–H and O–H groups in total. The first-order chi connectivity index (χ1) is 7.13. The number of rotatable bonds is 3. The minimum Gasteiger partial charge on any atom is -0.481 e. The lowest BCUT2D eigenvalue weighted by molar-refractivity contribution is -0.122. The van der Waals surface area contributed by atoms with Crippen molar-refractivity contribution in [3.05, 3.63) is 28.5 Å². The van der Waals surface area contributed by atoms with Crippen LogP contribution in [0.1, 0.15) is 0 Å². The van der Waals surface area contributed by atoms with Gasteiger partial charge in [-0.15, -0.1) is 0 Å². The molecule has 0 aliphatic heterocycles. The Bertz CT molecular complexity index is 417. The van der Waals surface area contributed by atoms with Gasteiger partial charge in [0.15, 0.2) is 24.4 Å². The van der Waals surface area contributed by atoms with Gasteiger partial charge in [0.05, 0.1) is 0 Å². The molecule has 1 aromatic carbocycles. The molecule has 0 fully saturated rings. The monoisotopic (exact) mass is 272 g/mol. The molecule has 0 unspecified atom stereocenters. The zero-order chi connectivity index (χ0) is 11.3. The third kappa shape index (κ3) is 3.56. The Labute approximate surface area is 93.8 Å². The van der Waals surface area contributed by atoms with Crippen LogP contribution in [-0.2, 0) is 4.79 Å². The number of benzene rings is 1. The summed E-state index contributed by atoms with van der Waals surface area (Å²) in [7, 11) is 0. The molecule has 0 heterocycles. The van der Waals surface area contributed by atoms with Gasteiger partial charge in [-0.1, -0.05) is 15.9 Å². The number of nitriles is 1. The van der Waals surface area contributed by atoms with E-state index in [0.717, 1.165) is 0 Å². The Morgan fingerprint density at radius 2 is 2.40 bits per heavy atom. The van der Waals surface area contributed by atoms with Gasteiger partial charge in [-0.3, -0.25) is 10.1 Å². The molecule has 0 radical (unpaired) electrons. The minimum absolute atomic E-state index is 0.0358. The summed E-state index contributed by atoms with van der Waals surface area (Å²) < 4.78 is 18.6. The summed E-state index contributed by atoms with van der Waals surface area (Å²) >= 11 is 3.08. The zero-order valence-electron chi connectivity index (χ0n) is 7.46. The van der Waals surface area contributed by atoms with Crippen LogP contribution >= 0.6 is 15.9 Å². The van der Waals surface area contributed by atoms with Crippen LogP contribution in [-0.4, -0.2) is 12.5 Å². The van der Waals surface area contributed by atoms with Crippen LogP contribution in [0.4, 0.5) is 4.39 Å². The highest BCUT2D eigenvalue weighted by atomic mass is 79.9. The molecule has 0 aromatic heterocycles. The maximum atomic E-state index is 13.1. The second-order valence-electron chi connectivity index (χ2n) is 2.52. The second-order valence-corrected chi connectivity index (χ2v) is 3.44. The highest BCUT2D eigenvalue weighted by molar-refractivity contribution is 9.10. The maximum absolute atomic E-state index is 13.1. The summed E-state index contributed by atoms with van der Waals surface area (Å²) in [5.74, 6) is -1.24.